The van der Waals surface area contributed by atoms with Crippen molar-refractivity contribution in [3.8, 4) is 11.1 Å². The van der Waals surface area contributed by atoms with Gasteiger partial charge in [-0.15, -0.1) is 0 Å². The first-order valence-electron chi connectivity index (χ1n) is 9.71. The van der Waals surface area contributed by atoms with Gasteiger partial charge in [0.1, 0.15) is 10.8 Å². The van der Waals surface area contributed by atoms with Gasteiger partial charge in [-0.2, -0.15) is 0 Å². The zero-order valence-electron chi connectivity index (χ0n) is 16.4. The summed E-state index contributed by atoms with van der Waals surface area (Å²) in [5.41, 5.74) is 9.55. The van der Waals surface area contributed by atoms with Crippen molar-refractivity contribution in [3.63, 3.8) is 0 Å². The zero-order chi connectivity index (χ0) is 20.9. The van der Waals surface area contributed by atoms with Crippen LogP contribution in [0, 0.1) is 5.92 Å². The van der Waals surface area contributed by atoms with Crippen LogP contribution in [0.2, 0.25) is 0 Å². The highest BCUT2D eigenvalue weighted by Gasteiger charge is 2.21. The third-order valence-corrected chi connectivity index (χ3v) is 5.89. The van der Waals surface area contributed by atoms with Crippen LogP contribution in [-0.4, -0.2) is 28.2 Å². The standard InChI is InChI=1S/C21H26F2N4S2/c1-21(22,23)9-2-10-29-27-19-8-6-16(13-25-19)15-5-7-18(24)17(11-15)20(28)26-12-14-3-4-14/h5-8,11,13-14H,2-4,9-10,12,24H2,1H3,(H,25,27)(H,26,28). The molecule has 1 aliphatic rings. The average Bonchev–Trinajstić information content (AvgIpc) is 3.50. The van der Waals surface area contributed by atoms with Crippen molar-refractivity contribution in [2.24, 2.45) is 5.92 Å². The van der Waals surface area contributed by atoms with E-state index in [1.807, 2.05) is 30.3 Å². The van der Waals surface area contributed by atoms with Crippen molar-refractivity contribution >= 4 is 40.7 Å². The molecule has 0 saturated heterocycles. The molecule has 4 N–H and O–H groups in total. The maximum atomic E-state index is 12.8. The maximum Gasteiger partial charge on any atom is 0.245 e. The molecule has 1 heterocycles. The highest BCUT2D eigenvalue weighted by molar-refractivity contribution is 8.00. The van der Waals surface area contributed by atoms with Crippen LogP contribution in [0.25, 0.3) is 11.1 Å². The Morgan fingerprint density at radius 2 is 2.03 bits per heavy atom. The number of halogens is 2. The van der Waals surface area contributed by atoms with E-state index < -0.39 is 5.92 Å². The summed E-state index contributed by atoms with van der Waals surface area (Å²) in [6.45, 7) is 1.85. The second-order valence-electron chi connectivity index (χ2n) is 7.51. The van der Waals surface area contributed by atoms with Crippen molar-refractivity contribution in [2.45, 2.75) is 38.5 Å². The summed E-state index contributed by atoms with van der Waals surface area (Å²) in [7, 11) is 0. The third-order valence-electron chi connectivity index (χ3n) is 4.68. The lowest BCUT2D eigenvalue weighted by Gasteiger charge is -2.12. The van der Waals surface area contributed by atoms with Gasteiger partial charge in [-0.1, -0.05) is 30.2 Å². The molecule has 0 atom stereocenters. The minimum atomic E-state index is -2.60. The molecule has 0 unspecified atom stereocenters. The molecule has 2 aromatic rings. The van der Waals surface area contributed by atoms with Crippen LogP contribution >= 0.6 is 24.2 Å². The number of anilines is 2. The molecule has 1 saturated carbocycles. The van der Waals surface area contributed by atoms with Crippen molar-refractivity contribution in [3.05, 3.63) is 42.1 Å². The molecule has 29 heavy (non-hydrogen) atoms. The number of alkyl halides is 2. The van der Waals surface area contributed by atoms with Gasteiger partial charge in [0.25, 0.3) is 0 Å². The van der Waals surface area contributed by atoms with Gasteiger partial charge in [0.05, 0.1) is 0 Å². The first-order valence-corrected chi connectivity index (χ1v) is 11.1. The summed E-state index contributed by atoms with van der Waals surface area (Å²) in [5, 5.41) is 3.31. The number of hydrogen-bond donors (Lipinski definition) is 3. The van der Waals surface area contributed by atoms with E-state index in [0.717, 1.165) is 36.1 Å². The third kappa shape index (κ3) is 7.12. The van der Waals surface area contributed by atoms with Crippen LogP contribution in [0.1, 0.15) is 38.2 Å². The predicted molar refractivity (Wildman–Crippen MR) is 122 cm³/mol. The van der Waals surface area contributed by atoms with Crippen LogP contribution in [0.4, 0.5) is 20.3 Å². The molecule has 0 radical (unpaired) electrons. The molecule has 3 rings (SSSR count). The van der Waals surface area contributed by atoms with Gasteiger partial charge in [-0.3, -0.25) is 0 Å². The lowest BCUT2D eigenvalue weighted by Crippen LogP contribution is -2.25. The number of nitrogens with zero attached hydrogens (tertiary/aromatic N) is 1. The zero-order valence-corrected chi connectivity index (χ0v) is 18.0. The second kappa shape index (κ2) is 9.71. The van der Waals surface area contributed by atoms with Gasteiger partial charge >= 0.3 is 0 Å². The molecule has 1 aromatic carbocycles. The number of pyridine rings is 1. The Bertz CT molecular complexity index is 834. The fourth-order valence-electron chi connectivity index (χ4n) is 2.79. The van der Waals surface area contributed by atoms with E-state index in [0.29, 0.717) is 28.7 Å². The monoisotopic (exact) mass is 436 g/mol. The fraction of sp³-hybridized carbons (Fsp3) is 0.429. The van der Waals surface area contributed by atoms with Crippen molar-refractivity contribution in [1.82, 2.24) is 10.3 Å². The highest BCUT2D eigenvalue weighted by atomic mass is 32.2. The van der Waals surface area contributed by atoms with Gasteiger partial charge in [-0.05, 0) is 61.9 Å². The first-order chi connectivity index (χ1) is 13.8. The molecule has 0 bridgehead atoms. The molecule has 0 amide bonds. The quantitative estimate of drug-likeness (QED) is 0.198. The van der Waals surface area contributed by atoms with E-state index in [2.05, 4.69) is 15.0 Å². The lowest BCUT2D eigenvalue weighted by atomic mass is 10.0. The molecular formula is C21H26F2N4S2. The Labute approximate surface area is 180 Å². The molecule has 8 heteroatoms. The summed E-state index contributed by atoms with van der Waals surface area (Å²) < 4.78 is 28.7. The van der Waals surface area contributed by atoms with Crippen LogP contribution in [0.15, 0.2) is 36.5 Å². The Kier molecular flexibility index (Phi) is 7.29. The Balaban J connectivity index is 1.56. The minimum absolute atomic E-state index is 0.106. The van der Waals surface area contributed by atoms with E-state index in [9.17, 15) is 8.78 Å². The first kappa shape index (κ1) is 21.8. The number of aromatic nitrogens is 1. The van der Waals surface area contributed by atoms with Crippen LogP contribution < -0.4 is 15.8 Å². The van der Waals surface area contributed by atoms with Crippen LogP contribution in [0.3, 0.4) is 0 Å². The molecule has 4 nitrogen and oxygen atoms in total. The molecule has 1 fully saturated rings. The topological polar surface area (TPSA) is 63.0 Å². The summed E-state index contributed by atoms with van der Waals surface area (Å²) in [6.07, 6.45) is 4.65. The number of thiocarbonyl (C=S) groups is 1. The normalized spacial score (nSPS) is 13.9. The molecule has 0 aliphatic heterocycles. The number of benzene rings is 1. The summed E-state index contributed by atoms with van der Waals surface area (Å²) in [4.78, 5) is 5.08. The SMILES string of the molecule is CC(F)(F)CCCSNc1ccc(-c2ccc(N)c(C(=S)NCC3CC3)c2)cn1. The second-order valence-corrected chi connectivity index (χ2v) is 8.82. The number of rotatable bonds is 10. The lowest BCUT2D eigenvalue weighted by molar-refractivity contribution is 0.0126. The largest absolute Gasteiger partial charge is 0.398 e. The number of nitrogen functional groups attached to an aromatic ring is 1. The van der Waals surface area contributed by atoms with E-state index in [1.54, 1.807) is 6.20 Å². The summed E-state index contributed by atoms with van der Waals surface area (Å²) >= 11 is 6.89. The number of hydrogen-bond acceptors (Lipinski definition) is 5. The van der Waals surface area contributed by atoms with E-state index in [1.165, 1.54) is 24.8 Å². The fourth-order valence-corrected chi connectivity index (χ4v) is 3.71. The van der Waals surface area contributed by atoms with Crippen molar-refractivity contribution in [2.75, 3.05) is 22.8 Å². The van der Waals surface area contributed by atoms with Crippen molar-refractivity contribution < 1.29 is 8.78 Å². The smallest absolute Gasteiger partial charge is 0.245 e. The number of nitrogens with two attached hydrogens (primary N) is 1. The Morgan fingerprint density at radius 1 is 1.28 bits per heavy atom. The van der Waals surface area contributed by atoms with Gasteiger partial charge < -0.3 is 15.8 Å². The van der Waals surface area contributed by atoms with E-state index in [4.69, 9.17) is 18.0 Å². The van der Waals surface area contributed by atoms with Crippen LogP contribution in [-0.2, 0) is 0 Å². The minimum Gasteiger partial charge on any atom is -0.398 e. The van der Waals surface area contributed by atoms with Gasteiger partial charge in [-0.25, -0.2) is 13.8 Å². The Hall–Kier alpha value is -1.93. The summed E-state index contributed by atoms with van der Waals surface area (Å²) in [6, 6.07) is 9.64. The van der Waals surface area contributed by atoms with Crippen molar-refractivity contribution in [1.29, 1.82) is 0 Å². The Morgan fingerprint density at radius 3 is 2.69 bits per heavy atom. The number of nitrogens with one attached hydrogen (secondary N) is 2. The molecule has 1 aliphatic carbocycles. The summed E-state index contributed by atoms with van der Waals surface area (Å²) in [5.74, 6) is -0.578. The van der Waals surface area contributed by atoms with Gasteiger partial charge in [0.2, 0.25) is 5.92 Å². The van der Waals surface area contributed by atoms with Crippen LogP contribution in [0.5, 0.6) is 0 Å². The highest BCUT2D eigenvalue weighted by Crippen LogP contribution is 2.29. The van der Waals surface area contributed by atoms with Gasteiger partial charge in [0, 0.05) is 41.7 Å². The molecule has 1 aromatic heterocycles. The maximum absolute atomic E-state index is 12.8. The molecule has 0 spiro atoms. The predicted octanol–water partition coefficient (Wildman–Crippen LogP) is 5.50. The average molecular weight is 437 g/mol. The van der Waals surface area contributed by atoms with E-state index in [-0.39, 0.29) is 6.42 Å². The van der Waals surface area contributed by atoms with Gasteiger partial charge in [0.15, 0.2) is 0 Å². The molecule has 156 valence electrons. The van der Waals surface area contributed by atoms with E-state index >= 15 is 0 Å². The molecular weight excluding hydrogens is 410 g/mol.